The van der Waals surface area contributed by atoms with E-state index in [9.17, 15) is 0 Å². The number of rotatable bonds is 3. The van der Waals surface area contributed by atoms with Crippen molar-refractivity contribution in [3.05, 3.63) is 47.8 Å². The Morgan fingerprint density at radius 3 is 3.00 bits per heavy atom. The Labute approximate surface area is 91.1 Å². The normalized spacial score (nSPS) is 24.0. The summed E-state index contributed by atoms with van der Waals surface area (Å²) in [5.41, 5.74) is 0.0837. The van der Waals surface area contributed by atoms with Crippen LogP contribution in [0.4, 0.5) is 0 Å². The molecule has 74 valence electrons. The third-order valence-electron chi connectivity index (χ3n) is 1.59. The van der Waals surface area contributed by atoms with Crippen molar-refractivity contribution in [1.82, 2.24) is 0 Å². The molecule has 0 spiro atoms. The minimum Gasteiger partial charge on any atom is -0.482 e. The van der Waals surface area contributed by atoms with Crippen LogP contribution in [0.25, 0.3) is 0 Å². The maximum absolute atomic E-state index is 5.39. The van der Waals surface area contributed by atoms with Gasteiger partial charge in [-0.2, -0.15) is 0 Å². The van der Waals surface area contributed by atoms with Crippen LogP contribution in [0.5, 0.6) is 0 Å². The fourth-order valence-electron chi connectivity index (χ4n) is 0.950. The van der Waals surface area contributed by atoms with E-state index < -0.39 is 0 Å². The Kier molecular flexibility index (Phi) is 3.65. The number of allylic oxidation sites excluding steroid dienone is 4. The van der Waals surface area contributed by atoms with E-state index in [0.717, 1.165) is 5.09 Å². The van der Waals surface area contributed by atoms with Crippen molar-refractivity contribution in [2.75, 3.05) is 6.61 Å². The molecule has 1 atom stereocenters. The molecular formula is C10H10O2S2. The molecule has 0 amide bonds. The lowest BCUT2D eigenvalue weighted by molar-refractivity contribution is 0.258. The molecule has 2 nitrogen and oxygen atoms in total. The molecule has 4 heteroatoms. The maximum atomic E-state index is 5.39. The summed E-state index contributed by atoms with van der Waals surface area (Å²) in [6, 6.07) is 0. The van der Waals surface area contributed by atoms with Crippen molar-refractivity contribution in [2.45, 2.75) is 5.44 Å². The molecule has 2 heterocycles. The minimum atomic E-state index is 0.0837. The molecule has 0 bridgehead atoms. The summed E-state index contributed by atoms with van der Waals surface area (Å²) in [6.45, 7) is 0.667. The Morgan fingerprint density at radius 2 is 2.29 bits per heavy atom. The number of hydrogen-bond donors (Lipinski definition) is 0. The van der Waals surface area contributed by atoms with Crippen LogP contribution in [0.2, 0.25) is 0 Å². The average Bonchev–Trinajstić information content (AvgIpc) is 2.29. The van der Waals surface area contributed by atoms with Crippen LogP contribution < -0.4 is 0 Å². The standard InChI is InChI=1S/C10H10O2S2/c1-3-7-11-9(5-1)13-14-10-6-2-4-8-12-10/h1-7,9H,8H2. The summed E-state index contributed by atoms with van der Waals surface area (Å²) in [5.74, 6) is 0. The lowest BCUT2D eigenvalue weighted by Crippen LogP contribution is -2.01. The van der Waals surface area contributed by atoms with Crippen molar-refractivity contribution < 1.29 is 9.47 Å². The summed E-state index contributed by atoms with van der Waals surface area (Å²) in [6.07, 6.45) is 13.5. The van der Waals surface area contributed by atoms with Crippen molar-refractivity contribution >= 4 is 21.6 Å². The summed E-state index contributed by atoms with van der Waals surface area (Å²) >= 11 is 0. The second kappa shape index (κ2) is 5.22. The van der Waals surface area contributed by atoms with Gasteiger partial charge in [0.05, 0.1) is 6.26 Å². The largest absolute Gasteiger partial charge is 0.482 e. The highest BCUT2D eigenvalue weighted by atomic mass is 33.1. The van der Waals surface area contributed by atoms with Gasteiger partial charge in [-0.05, 0) is 45.9 Å². The zero-order valence-electron chi connectivity index (χ0n) is 7.46. The van der Waals surface area contributed by atoms with E-state index in [1.54, 1.807) is 27.8 Å². The van der Waals surface area contributed by atoms with Crippen LogP contribution in [0.3, 0.4) is 0 Å². The molecular weight excluding hydrogens is 216 g/mol. The van der Waals surface area contributed by atoms with Crippen LogP contribution in [0.1, 0.15) is 0 Å². The second-order valence-corrected chi connectivity index (χ2v) is 4.93. The van der Waals surface area contributed by atoms with Crippen molar-refractivity contribution in [1.29, 1.82) is 0 Å². The Morgan fingerprint density at radius 1 is 1.29 bits per heavy atom. The average molecular weight is 226 g/mol. The van der Waals surface area contributed by atoms with Gasteiger partial charge in [0.25, 0.3) is 0 Å². The molecule has 0 fully saturated rings. The van der Waals surface area contributed by atoms with E-state index in [0.29, 0.717) is 6.61 Å². The first kappa shape index (κ1) is 9.80. The van der Waals surface area contributed by atoms with Gasteiger partial charge in [-0.3, -0.25) is 0 Å². The van der Waals surface area contributed by atoms with E-state index in [2.05, 4.69) is 0 Å². The molecule has 0 aliphatic carbocycles. The molecule has 14 heavy (non-hydrogen) atoms. The van der Waals surface area contributed by atoms with Crippen molar-refractivity contribution in [3.63, 3.8) is 0 Å². The van der Waals surface area contributed by atoms with Gasteiger partial charge in [0.2, 0.25) is 0 Å². The highest BCUT2D eigenvalue weighted by molar-refractivity contribution is 8.78. The lowest BCUT2D eigenvalue weighted by Gasteiger charge is -2.15. The van der Waals surface area contributed by atoms with Gasteiger partial charge in [0, 0.05) is 0 Å². The highest BCUT2D eigenvalue weighted by Crippen LogP contribution is 2.36. The molecule has 1 unspecified atom stereocenters. The number of hydrogen-bond acceptors (Lipinski definition) is 4. The van der Waals surface area contributed by atoms with Gasteiger partial charge in [-0.1, -0.05) is 12.2 Å². The summed E-state index contributed by atoms with van der Waals surface area (Å²) in [4.78, 5) is 0. The van der Waals surface area contributed by atoms with Gasteiger partial charge >= 0.3 is 0 Å². The van der Waals surface area contributed by atoms with Crippen molar-refractivity contribution in [2.24, 2.45) is 0 Å². The Hall–Kier alpha value is -0.740. The summed E-state index contributed by atoms with van der Waals surface area (Å²) < 4.78 is 10.7. The van der Waals surface area contributed by atoms with E-state index in [4.69, 9.17) is 9.47 Å². The summed E-state index contributed by atoms with van der Waals surface area (Å²) in [5, 5.41) is 0.934. The SMILES string of the molecule is C1=CCOC(SSC2C=CC=CO2)=C1. The van der Waals surface area contributed by atoms with Gasteiger partial charge < -0.3 is 9.47 Å². The highest BCUT2D eigenvalue weighted by Gasteiger charge is 2.10. The molecule has 0 saturated heterocycles. The molecule has 0 aromatic rings. The first-order valence-electron chi connectivity index (χ1n) is 4.27. The van der Waals surface area contributed by atoms with Crippen molar-refractivity contribution in [3.8, 4) is 0 Å². The molecule has 2 aliphatic heterocycles. The monoisotopic (exact) mass is 226 g/mol. The molecule has 0 aromatic carbocycles. The quantitative estimate of drug-likeness (QED) is 0.687. The third-order valence-corrected chi connectivity index (χ3v) is 3.91. The van der Waals surface area contributed by atoms with Crippen LogP contribution >= 0.6 is 21.6 Å². The zero-order chi connectivity index (χ0) is 9.64. The van der Waals surface area contributed by atoms with Crippen LogP contribution in [0.15, 0.2) is 47.8 Å². The van der Waals surface area contributed by atoms with E-state index in [-0.39, 0.29) is 5.44 Å². The Balaban J connectivity index is 1.76. The topological polar surface area (TPSA) is 18.5 Å². The third kappa shape index (κ3) is 2.89. The summed E-state index contributed by atoms with van der Waals surface area (Å²) in [7, 11) is 3.23. The van der Waals surface area contributed by atoms with Gasteiger partial charge in [0.1, 0.15) is 6.61 Å². The van der Waals surface area contributed by atoms with E-state index in [1.165, 1.54) is 0 Å². The van der Waals surface area contributed by atoms with Gasteiger partial charge in [0.15, 0.2) is 10.5 Å². The fourth-order valence-corrected chi connectivity index (χ4v) is 2.86. The predicted molar refractivity (Wildman–Crippen MR) is 61.5 cm³/mol. The molecule has 0 radical (unpaired) electrons. The second-order valence-electron chi connectivity index (χ2n) is 2.62. The minimum absolute atomic E-state index is 0.0837. The lowest BCUT2D eigenvalue weighted by atomic mass is 10.4. The first-order chi connectivity index (χ1) is 6.95. The van der Waals surface area contributed by atoms with E-state index in [1.807, 2.05) is 36.5 Å². The van der Waals surface area contributed by atoms with E-state index >= 15 is 0 Å². The molecule has 0 N–H and O–H groups in total. The van der Waals surface area contributed by atoms with Crippen LogP contribution in [-0.4, -0.2) is 12.0 Å². The molecule has 2 rings (SSSR count). The predicted octanol–water partition coefficient (Wildman–Crippen LogP) is 3.22. The van der Waals surface area contributed by atoms with Crippen LogP contribution in [-0.2, 0) is 9.47 Å². The van der Waals surface area contributed by atoms with Gasteiger partial charge in [-0.25, -0.2) is 0 Å². The van der Waals surface area contributed by atoms with Gasteiger partial charge in [-0.15, -0.1) is 0 Å². The maximum Gasteiger partial charge on any atom is 0.172 e. The first-order valence-corrected chi connectivity index (χ1v) is 6.48. The number of ether oxygens (including phenoxy) is 2. The fraction of sp³-hybridized carbons (Fsp3) is 0.200. The molecule has 0 aromatic heterocycles. The molecule has 2 aliphatic rings. The smallest absolute Gasteiger partial charge is 0.172 e. The van der Waals surface area contributed by atoms with Crippen LogP contribution in [0, 0.1) is 0 Å². The zero-order valence-corrected chi connectivity index (χ0v) is 9.09. The molecule has 0 saturated carbocycles. The Bertz CT molecular complexity index is 305.